The van der Waals surface area contributed by atoms with Crippen molar-refractivity contribution in [2.24, 2.45) is 13.0 Å². The van der Waals surface area contributed by atoms with Crippen molar-refractivity contribution in [3.8, 4) is 0 Å². The van der Waals surface area contributed by atoms with Crippen LogP contribution in [0.25, 0.3) is 10.9 Å². The molecule has 1 aromatic carbocycles. The summed E-state index contributed by atoms with van der Waals surface area (Å²) < 4.78 is 7.95. The maximum atomic E-state index is 6.01. The van der Waals surface area contributed by atoms with Crippen LogP contribution in [-0.2, 0) is 11.8 Å². The Morgan fingerprint density at radius 3 is 2.83 bits per heavy atom. The Morgan fingerprint density at radius 1 is 1.29 bits per heavy atom. The SMILES string of the molecule is CCC(CC)CN(CC1CCCCO1)c1ccc2c(cnn2C)c1. The van der Waals surface area contributed by atoms with Crippen LogP contribution in [-0.4, -0.2) is 35.6 Å². The van der Waals surface area contributed by atoms with Gasteiger partial charge >= 0.3 is 0 Å². The Balaban J connectivity index is 1.82. The second-order valence-electron chi connectivity index (χ2n) is 7.09. The smallest absolute Gasteiger partial charge is 0.0749 e. The van der Waals surface area contributed by atoms with E-state index in [0.29, 0.717) is 6.10 Å². The van der Waals surface area contributed by atoms with Gasteiger partial charge in [0.05, 0.1) is 17.8 Å². The van der Waals surface area contributed by atoms with Crippen molar-refractivity contribution in [3.63, 3.8) is 0 Å². The number of ether oxygens (including phenoxy) is 1. The Labute approximate surface area is 145 Å². The minimum absolute atomic E-state index is 0.373. The summed E-state index contributed by atoms with van der Waals surface area (Å²) in [6.07, 6.45) is 8.49. The van der Waals surface area contributed by atoms with E-state index in [9.17, 15) is 0 Å². The number of fused-ring (bicyclic) bond motifs is 1. The molecule has 1 aliphatic heterocycles. The van der Waals surface area contributed by atoms with Crippen LogP contribution in [0, 0.1) is 5.92 Å². The quantitative estimate of drug-likeness (QED) is 0.755. The molecule has 0 aliphatic carbocycles. The normalized spacial score (nSPS) is 18.4. The number of aryl methyl sites for hydroxylation is 1. The molecule has 132 valence electrons. The summed E-state index contributed by atoms with van der Waals surface area (Å²) >= 11 is 0. The van der Waals surface area contributed by atoms with Gasteiger partial charge in [-0.15, -0.1) is 0 Å². The van der Waals surface area contributed by atoms with Gasteiger partial charge in [0.2, 0.25) is 0 Å². The summed E-state index contributed by atoms with van der Waals surface area (Å²) in [6, 6.07) is 6.72. The highest BCUT2D eigenvalue weighted by molar-refractivity contribution is 5.82. The highest BCUT2D eigenvalue weighted by atomic mass is 16.5. The fourth-order valence-corrected chi connectivity index (χ4v) is 3.69. The number of nitrogens with zero attached hydrogens (tertiary/aromatic N) is 3. The molecule has 1 saturated heterocycles. The van der Waals surface area contributed by atoms with E-state index in [0.717, 1.165) is 25.6 Å². The van der Waals surface area contributed by atoms with Crippen LogP contribution in [0.2, 0.25) is 0 Å². The molecule has 1 atom stereocenters. The summed E-state index contributed by atoms with van der Waals surface area (Å²) in [5, 5.41) is 5.60. The Bertz CT molecular complexity index is 641. The van der Waals surface area contributed by atoms with Crippen molar-refractivity contribution in [2.75, 3.05) is 24.6 Å². The highest BCUT2D eigenvalue weighted by Crippen LogP contribution is 2.25. The zero-order valence-corrected chi connectivity index (χ0v) is 15.4. The van der Waals surface area contributed by atoms with Crippen LogP contribution in [0.15, 0.2) is 24.4 Å². The lowest BCUT2D eigenvalue weighted by atomic mass is 10.0. The van der Waals surface area contributed by atoms with E-state index in [1.54, 1.807) is 0 Å². The summed E-state index contributed by atoms with van der Waals surface area (Å²) in [5.74, 6) is 0.734. The van der Waals surface area contributed by atoms with Crippen LogP contribution in [0.5, 0.6) is 0 Å². The number of rotatable bonds is 7. The topological polar surface area (TPSA) is 30.3 Å². The fourth-order valence-electron chi connectivity index (χ4n) is 3.69. The molecule has 1 unspecified atom stereocenters. The molecule has 4 nitrogen and oxygen atoms in total. The molecule has 0 N–H and O–H groups in total. The number of hydrogen-bond acceptors (Lipinski definition) is 3. The minimum Gasteiger partial charge on any atom is -0.376 e. The van der Waals surface area contributed by atoms with Crippen molar-refractivity contribution in [2.45, 2.75) is 52.1 Å². The second kappa shape index (κ2) is 8.02. The Kier molecular flexibility index (Phi) is 5.77. The van der Waals surface area contributed by atoms with Gasteiger partial charge in [-0.25, -0.2) is 0 Å². The average Bonchev–Trinajstić information content (AvgIpc) is 3.00. The van der Waals surface area contributed by atoms with Gasteiger partial charge in [0.15, 0.2) is 0 Å². The first kappa shape index (κ1) is 17.3. The molecule has 2 heterocycles. The first-order valence-corrected chi connectivity index (χ1v) is 9.49. The van der Waals surface area contributed by atoms with Crippen molar-refractivity contribution in [1.82, 2.24) is 9.78 Å². The van der Waals surface area contributed by atoms with Crippen LogP contribution in [0.3, 0.4) is 0 Å². The number of benzene rings is 1. The first-order chi connectivity index (χ1) is 11.7. The van der Waals surface area contributed by atoms with Crippen LogP contribution < -0.4 is 4.90 Å². The molecule has 0 spiro atoms. The predicted octanol–water partition coefficient (Wildman–Crippen LogP) is 4.39. The maximum Gasteiger partial charge on any atom is 0.0749 e. The number of aromatic nitrogens is 2. The zero-order chi connectivity index (χ0) is 16.9. The van der Waals surface area contributed by atoms with Crippen LogP contribution in [0.1, 0.15) is 46.0 Å². The number of anilines is 1. The van der Waals surface area contributed by atoms with Gasteiger partial charge < -0.3 is 9.64 Å². The molecule has 1 aromatic heterocycles. The largest absolute Gasteiger partial charge is 0.376 e. The van der Waals surface area contributed by atoms with Gasteiger partial charge in [-0.1, -0.05) is 26.7 Å². The lowest BCUT2D eigenvalue weighted by molar-refractivity contribution is 0.0206. The molecule has 1 fully saturated rings. The summed E-state index contributed by atoms with van der Waals surface area (Å²) in [7, 11) is 2.00. The van der Waals surface area contributed by atoms with Crippen molar-refractivity contribution >= 4 is 16.6 Å². The van der Waals surface area contributed by atoms with Crippen molar-refractivity contribution < 1.29 is 4.74 Å². The van der Waals surface area contributed by atoms with E-state index in [2.05, 4.69) is 42.0 Å². The molecule has 1 aliphatic rings. The van der Waals surface area contributed by atoms with Crippen molar-refractivity contribution in [1.29, 1.82) is 0 Å². The van der Waals surface area contributed by atoms with Crippen LogP contribution >= 0.6 is 0 Å². The molecular weight excluding hydrogens is 298 g/mol. The van der Waals surface area contributed by atoms with Gasteiger partial charge in [-0.3, -0.25) is 4.68 Å². The molecule has 3 rings (SSSR count). The monoisotopic (exact) mass is 329 g/mol. The number of hydrogen-bond donors (Lipinski definition) is 0. The molecular formula is C20H31N3O. The van der Waals surface area contributed by atoms with Gasteiger partial charge in [0.25, 0.3) is 0 Å². The molecule has 4 heteroatoms. The maximum absolute atomic E-state index is 6.01. The summed E-state index contributed by atoms with van der Waals surface area (Å²) in [5.41, 5.74) is 2.49. The van der Waals surface area contributed by atoms with Gasteiger partial charge in [0, 0.05) is 37.8 Å². The molecule has 0 amide bonds. The lowest BCUT2D eigenvalue weighted by Crippen LogP contribution is -2.38. The molecule has 24 heavy (non-hydrogen) atoms. The molecule has 0 saturated carbocycles. The Morgan fingerprint density at radius 2 is 2.12 bits per heavy atom. The van der Waals surface area contributed by atoms with E-state index in [1.165, 1.54) is 48.7 Å². The molecule has 0 bridgehead atoms. The minimum atomic E-state index is 0.373. The predicted molar refractivity (Wildman–Crippen MR) is 101 cm³/mol. The Hall–Kier alpha value is -1.55. The second-order valence-corrected chi connectivity index (χ2v) is 7.09. The molecule has 0 radical (unpaired) electrons. The highest BCUT2D eigenvalue weighted by Gasteiger charge is 2.20. The third kappa shape index (κ3) is 3.92. The summed E-state index contributed by atoms with van der Waals surface area (Å²) in [6.45, 7) is 7.63. The standard InChI is InChI=1S/C20H31N3O/c1-4-16(5-2)14-23(15-19-8-6-7-11-24-19)18-9-10-20-17(12-18)13-21-22(20)3/h9-10,12-13,16,19H,4-8,11,14-15H2,1-3H3. The van der Waals surface area contributed by atoms with E-state index < -0.39 is 0 Å². The van der Waals surface area contributed by atoms with Gasteiger partial charge in [-0.2, -0.15) is 5.10 Å². The van der Waals surface area contributed by atoms with Gasteiger partial charge in [-0.05, 0) is 43.4 Å². The summed E-state index contributed by atoms with van der Waals surface area (Å²) in [4.78, 5) is 2.54. The van der Waals surface area contributed by atoms with E-state index in [-0.39, 0.29) is 0 Å². The van der Waals surface area contributed by atoms with Crippen molar-refractivity contribution in [3.05, 3.63) is 24.4 Å². The average molecular weight is 329 g/mol. The third-order valence-electron chi connectivity index (χ3n) is 5.43. The fraction of sp³-hybridized carbons (Fsp3) is 0.650. The zero-order valence-electron chi connectivity index (χ0n) is 15.4. The van der Waals surface area contributed by atoms with E-state index >= 15 is 0 Å². The first-order valence-electron chi connectivity index (χ1n) is 9.49. The van der Waals surface area contributed by atoms with E-state index in [1.807, 2.05) is 17.9 Å². The van der Waals surface area contributed by atoms with E-state index in [4.69, 9.17) is 4.74 Å². The lowest BCUT2D eigenvalue weighted by Gasteiger charge is -2.33. The van der Waals surface area contributed by atoms with Crippen LogP contribution in [0.4, 0.5) is 5.69 Å². The van der Waals surface area contributed by atoms with Gasteiger partial charge in [0.1, 0.15) is 0 Å². The third-order valence-corrected chi connectivity index (χ3v) is 5.43. The molecule has 2 aromatic rings.